The van der Waals surface area contributed by atoms with Crippen LogP contribution >= 0.6 is 24.0 Å². The number of alkyl halides is 1. The first-order valence-electron chi connectivity index (χ1n) is 2.10. The van der Waals surface area contributed by atoms with Gasteiger partial charge in [-0.25, -0.2) is 0 Å². The van der Waals surface area contributed by atoms with Crippen LogP contribution in [0.5, 0.6) is 0 Å². The van der Waals surface area contributed by atoms with Gasteiger partial charge < -0.3 is 5.32 Å². The second-order valence-electron chi connectivity index (χ2n) is 2.02. The van der Waals surface area contributed by atoms with Crippen molar-refractivity contribution in [2.24, 2.45) is 0 Å². The monoisotopic (exact) mass is 141 g/mol. The summed E-state index contributed by atoms with van der Waals surface area (Å²) in [6, 6.07) is 0. The van der Waals surface area contributed by atoms with Crippen molar-refractivity contribution >= 4 is 24.0 Å². The van der Waals surface area contributed by atoms with Crippen molar-refractivity contribution in [1.29, 1.82) is 0 Å². The maximum Gasteiger partial charge on any atom is 0.0666 e. The molecule has 1 saturated heterocycles. The standard InChI is InChI=1S/C4H8ClN.ClH/c1-4(5)2-6-3-4;/h6H,2-3H2,1H3;1H. The molecule has 0 aromatic carbocycles. The molecule has 0 radical (unpaired) electrons. The van der Waals surface area contributed by atoms with E-state index < -0.39 is 0 Å². The predicted molar refractivity (Wildman–Crippen MR) is 34.4 cm³/mol. The van der Waals surface area contributed by atoms with Gasteiger partial charge in [0.2, 0.25) is 0 Å². The molecule has 7 heavy (non-hydrogen) atoms. The third kappa shape index (κ3) is 1.85. The fourth-order valence-electron chi connectivity index (χ4n) is 0.469. The molecule has 1 N–H and O–H groups in total. The van der Waals surface area contributed by atoms with E-state index in [9.17, 15) is 0 Å². The van der Waals surface area contributed by atoms with Crippen molar-refractivity contribution in [2.75, 3.05) is 13.1 Å². The van der Waals surface area contributed by atoms with E-state index in [-0.39, 0.29) is 17.3 Å². The van der Waals surface area contributed by atoms with Gasteiger partial charge in [0.05, 0.1) is 4.87 Å². The van der Waals surface area contributed by atoms with E-state index in [1.807, 2.05) is 6.92 Å². The molecule has 44 valence electrons. The van der Waals surface area contributed by atoms with Crippen LogP contribution in [0.2, 0.25) is 0 Å². The predicted octanol–water partition coefficient (Wildman–Crippen LogP) is 1.01. The lowest BCUT2D eigenvalue weighted by atomic mass is 10.1. The van der Waals surface area contributed by atoms with E-state index in [1.54, 1.807) is 0 Å². The molecule has 0 amide bonds. The average molecular weight is 142 g/mol. The molecule has 0 unspecified atom stereocenters. The van der Waals surface area contributed by atoms with Crippen LogP contribution in [-0.2, 0) is 0 Å². The van der Waals surface area contributed by atoms with Gasteiger partial charge in [-0.3, -0.25) is 0 Å². The van der Waals surface area contributed by atoms with Gasteiger partial charge in [-0.1, -0.05) is 0 Å². The highest BCUT2D eigenvalue weighted by molar-refractivity contribution is 6.24. The Balaban J connectivity index is 0.000000360. The third-order valence-electron chi connectivity index (χ3n) is 0.987. The number of rotatable bonds is 0. The summed E-state index contributed by atoms with van der Waals surface area (Å²) in [5.41, 5.74) is 0. The lowest BCUT2D eigenvalue weighted by molar-refractivity contribution is 0.413. The average Bonchev–Trinajstić information content (AvgIpc) is 1.32. The molecular weight excluding hydrogens is 133 g/mol. The van der Waals surface area contributed by atoms with Gasteiger partial charge in [0.15, 0.2) is 0 Å². The van der Waals surface area contributed by atoms with Gasteiger partial charge in [-0.2, -0.15) is 0 Å². The highest BCUT2D eigenvalue weighted by Gasteiger charge is 2.27. The molecule has 3 heteroatoms. The lowest BCUT2D eigenvalue weighted by Gasteiger charge is -2.32. The normalized spacial score (nSPS) is 24.9. The van der Waals surface area contributed by atoms with Crippen molar-refractivity contribution in [3.8, 4) is 0 Å². The summed E-state index contributed by atoms with van der Waals surface area (Å²) < 4.78 is 0. The van der Waals surface area contributed by atoms with Crippen molar-refractivity contribution < 1.29 is 0 Å². The molecule has 0 aromatic rings. The minimum absolute atomic E-state index is 0. The summed E-state index contributed by atoms with van der Waals surface area (Å²) in [4.78, 5) is 0.0833. The highest BCUT2D eigenvalue weighted by atomic mass is 35.5. The lowest BCUT2D eigenvalue weighted by Crippen LogP contribution is -2.53. The zero-order valence-electron chi connectivity index (χ0n) is 4.20. The minimum atomic E-state index is 0. The summed E-state index contributed by atoms with van der Waals surface area (Å²) in [5.74, 6) is 0. The third-order valence-corrected chi connectivity index (χ3v) is 1.25. The van der Waals surface area contributed by atoms with Gasteiger partial charge in [0.1, 0.15) is 0 Å². The minimum Gasteiger partial charge on any atom is -0.313 e. The number of nitrogens with one attached hydrogen (secondary N) is 1. The molecule has 0 aromatic heterocycles. The van der Waals surface area contributed by atoms with Crippen LogP contribution in [0, 0.1) is 0 Å². The van der Waals surface area contributed by atoms with Gasteiger partial charge in [-0.05, 0) is 6.92 Å². The first-order valence-corrected chi connectivity index (χ1v) is 2.48. The highest BCUT2D eigenvalue weighted by Crippen LogP contribution is 2.17. The van der Waals surface area contributed by atoms with Crippen molar-refractivity contribution in [3.63, 3.8) is 0 Å². The quantitative estimate of drug-likeness (QED) is 0.497. The molecule has 1 aliphatic heterocycles. The summed E-state index contributed by atoms with van der Waals surface area (Å²) >= 11 is 5.74. The van der Waals surface area contributed by atoms with Crippen LogP contribution in [-0.4, -0.2) is 18.0 Å². The molecule has 0 saturated carbocycles. The molecule has 1 rings (SSSR count). The maximum atomic E-state index is 5.74. The van der Waals surface area contributed by atoms with Crippen LogP contribution in [0.25, 0.3) is 0 Å². The first kappa shape index (κ1) is 7.54. The van der Waals surface area contributed by atoms with Crippen molar-refractivity contribution in [3.05, 3.63) is 0 Å². The van der Waals surface area contributed by atoms with Crippen LogP contribution in [0.1, 0.15) is 6.92 Å². The molecule has 0 aliphatic carbocycles. The van der Waals surface area contributed by atoms with Crippen molar-refractivity contribution in [2.45, 2.75) is 11.8 Å². The zero-order valence-corrected chi connectivity index (χ0v) is 5.77. The Hall–Kier alpha value is 0.540. The SMILES string of the molecule is CC1(Cl)CNC1.Cl. The summed E-state index contributed by atoms with van der Waals surface area (Å²) in [6.07, 6.45) is 0. The Morgan fingerprint density at radius 3 is 1.86 bits per heavy atom. The molecule has 1 heterocycles. The van der Waals surface area contributed by atoms with Crippen LogP contribution in [0.4, 0.5) is 0 Å². The van der Waals surface area contributed by atoms with E-state index in [1.165, 1.54) is 0 Å². The second-order valence-corrected chi connectivity index (χ2v) is 2.93. The molecule has 1 fully saturated rings. The molecule has 0 atom stereocenters. The largest absolute Gasteiger partial charge is 0.313 e. The van der Waals surface area contributed by atoms with Crippen molar-refractivity contribution in [1.82, 2.24) is 5.32 Å². The Morgan fingerprint density at radius 1 is 1.57 bits per heavy atom. The Morgan fingerprint density at radius 2 is 1.86 bits per heavy atom. The summed E-state index contributed by atoms with van der Waals surface area (Å²) in [5, 5.41) is 3.07. The van der Waals surface area contributed by atoms with Crippen LogP contribution < -0.4 is 5.32 Å². The molecule has 1 aliphatic rings. The number of hydrogen-bond donors (Lipinski definition) is 1. The Kier molecular flexibility index (Phi) is 2.38. The smallest absolute Gasteiger partial charge is 0.0666 e. The van der Waals surface area contributed by atoms with E-state index in [4.69, 9.17) is 11.6 Å². The van der Waals surface area contributed by atoms with Gasteiger partial charge in [-0.15, -0.1) is 24.0 Å². The fourth-order valence-corrected chi connectivity index (χ4v) is 0.658. The molecule has 0 bridgehead atoms. The van der Waals surface area contributed by atoms with E-state index >= 15 is 0 Å². The van der Waals surface area contributed by atoms with Gasteiger partial charge >= 0.3 is 0 Å². The van der Waals surface area contributed by atoms with E-state index in [0.717, 1.165) is 13.1 Å². The van der Waals surface area contributed by atoms with Crippen LogP contribution in [0.3, 0.4) is 0 Å². The zero-order chi connectivity index (χ0) is 4.62. The number of halogens is 2. The van der Waals surface area contributed by atoms with Crippen LogP contribution in [0.15, 0.2) is 0 Å². The molecular formula is C4H9Cl2N. The summed E-state index contributed by atoms with van der Waals surface area (Å²) in [6.45, 7) is 3.97. The van der Waals surface area contributed by atoms with Gasteiger partial charge in [0, 0.05) is 13.1 Å². The van der Waals surface area contributed by atoms with Gasteiger partial charge in [0.25, 0.3) is 0 Å². The Labute approximate surface area is 54.8 Å². The summed E-state index contributed by atoms with van der Waals surface area (Å²) in [7, 11) is 0. The fraction of sp³-hybridized carbons (Fsp3) is 1.00. The second kappa shape index (κ2) is 2.21. The number of hydrogen-bond acceptors (Lipinski definition) is 1. The van der Waals surface area contributed by atoms with E-state index in [0.29, 0.717) is 0 Å². The topological polar surface area (TPSA) is 12.0 Å². The maximum absolute atomic E-state index is 5.74. The molecule has 0 spiro atoms. The first-order chi connectivity index (χ1) is 2.71. The Bertz CT molecular complexity index is 56.7. The van der Waals surface area contributed by atoms with E-state index in [2.05, 4.69) is 5.32 Å². The molecule has 1 nitrogen and oxygen atoms in total.